The fourth-order valence-electron chi connectivity index (χ4n) is 6.66. The second kappa shape index (κ2) is 13.1. The highest BCUT2D eigenvalue weighted by Gasteiger charge is 2.54. The molecule has 0 saturated carbocycles. The summed E-state index contributed by atoms with van der Waals surface area (Å²) in [6.07, 6.45) is -2.91. The van der Waals surface area contributed by atoms with Crippen molar-refractivity contribution in [3.05, 3.63) is 95.1 Å². The Morgan fingerprint density at radius 1 is 0.962 bits per heavy atom. The summed E-state index contributed by atoms with van der Waals surface area (Å²) < 4.78 is 34.5. The SMILES string of the molecule is O=C(SCCNc1ncnc2c1ncn2[C@@H]1O[C@H](COP(=O)(O)O)[C@@H](O)[C@H]1O)c1ccc2c(c1)C(=O)OC21c2ccc(O)cc2Oc2cc(O)ccc21. The van der Waals surface area contributed by atoms with Crippen LogP contribution in [-0.2, 0) is 24.2 Å². The van der Waals surface area contributed by atoms with Crippen molar-refractivity contribution in [2.75, 3.05) is 24.2 Å². The van der Waals surface area contributed by atoms with E-state index < -0.39 is 50.5 Å². The van der Waals surface area contributed by atoms with E-state index in [0.29, 0.717) is 22.5 Å². The van der Waals surface area contributed by atoms with Crippen molar-refractivity contribution in [3.63, 3.8) is 0 Å². The number of hydrogen-bond acceptors (Lipinski definition) is 16. The van der Waals surface area contributed by atoms with Crippen molar-refractivity contribution >= 4 is 47.7 Å². The fourth-order valence-corrected chi connectivity index (χ4v) is 7.69. The van der Waals surface area contributed by atoms with Gasteiger partial charge in [-0.3, -0.25) is 13.9 Å². The maximum atomic E-state index is 13.4. The van der Waals surface area contributed by atoms with Crippen molar-refractivity contribution in [2.24, 2.45) is 0 Å². The van der Waals surface area contributed by atoms with Crippen molar-refractivity contribution in [2.45, 2.75) is 30.1 Å². The van der Waals surface area contributed by atoms with Gasteiger partial charge in [-0.1, -0.05) is 17.8 Å². The van der Waals surface area contributed by atoms with Gasteiger partial charge >= 0.3 is 13.8 Å². The largest absolute Gasteiger partial charge is 0.508 e. The van der Waals surface area contributed by atoms with E-state index in [1.165, 1.54) is 47.6 Å². The molecule has 1 spiro atoms. The number of carbonyl (C=O) groups excluding carboxylic acids is 2. The second-order valence-corrected chi connectivity index (χ2v) is 14.5. The number of phosphoric ester groups is 1. The number of phenolic OH excluding ortho intramolecular Hbond substituents is 2. The Morgan fingerprint density at radius 3 is 2.36 bits per heavy atom. The molecule has 0 aliphatic carbocycles. The number of nitrogens with one attached hydrogen (secondary N) is 1. The van der Waals surface area contributed by atoms with Gasteiger partial charge in [0, 0.05) is 46.7 Å². The Hall–Kier alpha value is -5.11. The van der Waals surface area contributed by atoms with Gasteiger partial charge in [-0.2, -0.15) is 0 Å². The summed E-state index contributed by atoms with van der Waals surface area (Å²) in [7, 11) is -4.84. The lowest BCUT2D eigenvalue weighted by Gasteiger charge is -2.36. The number of phosphoric acid groups is 1. The summed E-state index contributed by atoms with van der Waals surface area (Å²) >= 11 is 0.995. The highest BCUT2D eigenvalue weighted by atomic mass is 32.2. The number of thioether (sulfide) groups is 1. The fraction of sp³-hybridized carbons (Fsp3) is 0.242. The molecular formula is C33H28N5O13PS. The van der Waals surface area contributed by atoms with Gasteiger partial charge in [0.1, 0.15) is 47.6 Å². The number of esters is 1. The number of aromatic nitrogens is 4. The van der Waals surface area contributed by atoms with E-state index in [0.717, 1.165) is 11.8 Å². The Bertz CT molecular complexity index is 2300. The summed E-state index contributed by atoms with van der Waals surface area (Å²) in [4.78, 5) is 57.4. The van der Waals surface area contributed by atoms with Crippen LogP contribution in [0.4, 0.5) is 5.82 Å². The van der Waals surface area contributed by atoms with E-state index in [1.54, 1.807) is 24.3 Å². The zero-order chi connectivity index (χ0) is 37.2. The Kier molecular flexibility index (Phi) is 8.62. The number of aliphatic hydroxyl groups excluding tert-OH is 2. The Morgan fingerprint density at radius 2 is 1.66 bits per heavy atom. The minimum Gasteiger partial charge on any atom is -0.508 e. The number of imidazole rings is 1. The van der Waals surface area contributed by atoms with Crippen LogP contribution < -0.4 is 10.1 Å². The molecule has 0 unspecified atom stereocenters. The quantitative estimate of drug-likeness (QED) is 0.0645. The summed E-state index contributed by atoms with van der Waals surface area (Å²) in [5.41, 5.74) is 0.900. The monoisotopic (exact) mass is 765 g/mol. The smallest absolute Gasteiger partial charge is 0.469 e. The molecule has 0 amide bonds. The third-order valence-electron chi connectivity index (χ3n) is 9.01. The van der Waals surface area contributed by atoms with Gasteiger partial charge in [0.15, 0.2) is 28.8 Å². The molecule has 4 atom stereocenters. The van der Waals surface area contributed by atoms with Crippen LogP contribution in [0.1, 0.15) is 43.6 Å². The topological polar surface area (TPSA) is 265 Å². The molecule has 0 radical (unpaired) electrons. The first-order valence-corrected chi connectivity index (χ1v) is 18.4. The average Bonchev–Trinajstić information content (AvgIpc) is 3.77. The number of aromatic hydroxyl groups is 2. The van der Waals surface area contributed by atoms with E-state index in [2.05, 4.69) is 24.8 Å². The number of fused-ring (bicyclic) bond motifs is 7. The van der Waals surface area contributed by atoms with Gasteiger partial charge < -0.3 is 49.7 Å². The molecule has 2 aromatic heterocycles. The van der Waals surface area contributed by atoms with Gasteiger partial charge in [-0.25, -0.2) is 24.3 Å². The van der Waals surface area contributed by atoms with Crippen LogP contribution >= 0.6 is 19.6 Å². The number of aliphatic hydroxyl groups is 2. The van der Waals surface area contributed by atoms with E-state index >= 15 is 0 Å². The lowest BCUT2D eigenvalue weighted by atomic mass is 9.77. The van der Waals surface area contributed by atoms with Crippen LogP contribution in [0, 0.1) is 0 Å². The van der Waals surface area contributed by atoms with Gasteiger partial charge in [0.2, 0.25) is 5.12 Å². The maximum absolute atomic E-state index is 13.4. The lowest BCUT2D eigenvalue weighted by molar-refractivity contribution is -0.0504. The number of hydrogen-bond donors (Lipinski definition) is 7. The molecule has 18 nitrogen and oxygen atoms in total. The Labute approximate surface area is 302 Å². The number of ether oxygens (including phenoxy) is 3. The zero-order valence-electron chi connectivity index (χ0n) is 27.0. The van der Waals surface area contributed by atoms with Gasteiger partial charge in [0.25, 0.3) is 0 Å². The molecule has 0 bridgehead atoms. The molecule has 3 aliphatic rings. The van der Waals surface area contributed by atoms with Crippen molar-refractivity contribution in [3.8, 4) is 23.0 Å². The summed E-state index contributed by atoms with van der Waals surface area (Å²) in [6, 6.07) is 13.6. The molecule has 3 aliphatic heterocycles. The summed E-state index contributed by atoms with van der Waals surface area (Å²) in [5.74, 6) is 0.262. The molecular weight excluding hydrogens is 737 g/mol. The highest BCUT2D eigenvalue weighted by molar-refractivity contribution is 8.14. The minimum atomic E-state index is -4.84. The first-order valence-electron chi connectivity index (χ1n) is 15.9. The predicted octanol–water partition coefficient (Wildman–Crippen LogP) is 2.52. The van der Waals surface area contributed by atoms with E-state index in [-0.39, 0.29) is 62.7 Å². The average molecular weight is 766 g/mol. The first-order chi connectivity index (χ1) is 25.3. The highest BCUT2D eigenvalue weighted by Crippen LogP contribution is 2.57. The van der Waals surface area contributed by atoms with Gasteiger partial charge in [-0.05, 0) is 36.4 Å². The number of benzene rings is 3. The molecule has 1 saturated heterocycles. The van der Waals surface area contributed by atoms with Gasteiger partial charge in [-0.15, -0.1) is 0 Å². The van der Waals surface area contributed by atoms with Crippen molar-refractivity contribution < 1.29 is 63.1 Å². The number of phenols is 2. The van der Waals surface area contributed by atoms with Crippen LogP contribution in [0.5, 0.6) is 23.0 Å². The normalized spacial score (nSPS) is 21.2. The van der Waals surface area contributed by atoms with Crippen molar-refractivity contribution in [1.29, 1.82) is 0 Å². The molecule has 3 aromatic carbocycles. The van der Waals surface area contributed by atoms with E-state index in [1.807, 2.05) is 0 Å². The Balaban J connectivity index is 0.959. The van der Waals surface area contributed by atoms with Crippen LogP contribution in [-0.4, -0.2) is 98.0 Å². The molecule has 7 N–H and O–H groups in total. The molecule has 5 aromatic rings. The van der Waals surface area contributed by atoms with Crippen LogP contribution in [0.3, 0.4) is 0 Å². The lowest BCUT2D eigenvalue weighted by Crippen LogP contribution is -2.33. The molecule has 1 fully saturated rings. The molecule has 20 heteroatoms. The number of rotatable bonds is 9. The molecule has 53 heavy (non-hydrogen) atoms. The standard InChI is InChI=1S/C33H28N5O13PS/c39-16-2-5-20-22(10-16)49-23-11-17(40)3-6-21(23)33(20)19-4-1-15(9-18(19)31(43)51-33)32(44)53-8-7-34-28-25-29(36-13-35-28)38(14-37-25)30-27(42)26(41)24(50-30)12-48-52(45,46)47/h1-6,9-11,13-14,24,26-27,30,39-42H,7-8,12H2,(H,34,35,36)(H2,45,46,47)/t24-,26-,27-,30-/m1/s1. The molecule has 5 heterocycles. The second-order valence-electron chi connectivity index (χ2n) is 12.2. The number of anilines is 1. The number of carbonyl (C=O) groups is 2. The summed E-state index contributed by atoms with van der Waals surface area (Å²) in [5, 5.41) is 44.0. The maximum Gasteiger partial charge on any atom is 0.469 e. The molecule has 8 rings (SSSR count). The van der Waals surface area contributed by atoms with Crippen LogP contribution in [0.2, 0.25) is 0 Å². The number of nitrogens with zero attached hydrogens (tertiary/aromatic N) is 4. The van der Waals surface area contributed by atoms with E-state index in [4.69, 9.17) is 24.0 Å². The predicted molar refractivity (Wildman–Crippen MR) is 183 cm³/mol. The minimum absolute atomic E-state index is 0.0676. The van der Waals surface area contributed by atoms with E-state index in [9.17, 15) is 34.6 Å². The van der Waals surface area contributed by atoms with Crippen LogP contribution in [0.25, 0.3) is 11.2 Å². The zero-order valence-corrected chi connectivity index (χ0v) is 28.7. The first kappa shape index (κ1) is 34.9. The third kappa shape index (κ3) is 6.06. The van der Waals surface area contributed by atoms with Crippen molar-refractivity contribution in [1.82, 2.24) is 19.5 Å². The van der Waals surface area contributed by atoms with Gasteiger partial charge in [0.05, 0.1) is 18.5 Å². The molecule has 274 valence electrons. The summed E-state index contributed by atoms with van der Waals surface area (Å²) in [6.45, 7) is -0.418. The van der Waals surface area contributed by atoms with Crippen LogP contribution in [0.15, 0.2) is 67.3 Å². The third-order valence-corrected chi connectivity index (χ3v) is 10.4.